The SMILES string of the molecule is CC(O)CC(C)CCSC(F)(F)F. The first-order valence-corrected chi connectivity index (χ1v) is 5.18. The molecule has 0 saturated heterocycles. The van der Waals surface area contributed by atoms with E-state index in [1.165, 1.54) is 0 Å². The van der Waals surface area contributed by atoms with Gasteiger partial charge in [0.1, 0.15) is 0 Å². The molecule has 0 radical (unpaired) electrons. The van der Waals surface area contributed by atoms with E-state index in [9.17, 15) is 13.2 Å². The van der Waals surface area contributed by atoms with Gasteiger partial charge in [0.15, 0.2) is 0 Å². The average molecular weight is 216 g/mol. The lowest BCUT2D eigenvalue weighted by Gasteiger charge is -2.13. The van der Waals surface area contributed by atoms with Gasteiger partial charge in [-0.3, -0.25) is 0 Å². The van der Waals surface area contributed by atoms with Crippen molar-refractivity contribution in [2.24, 2.45) is 5.92 Å². The molecule has 13 heavy (non-hydrogen) atoms. The van der Waals surface area contributed by atoms with Gasteiger partial charge in [0.05, 0.1) is 6.10 Å². The first kappa shape index (κ1) is 13.1. The molecule has 2 unspecified atom stereocenters. The van der Waals surface area contributed by atoms with Crippen molar-refractivity contribution in [3.05, 3.63) is 0 Å². The Morgan fingerprint density at radius 2 is 1.85 bits per heavy atom. The van der Waals surface area contributed by atoms with Crippen molar-refractivity contribution in [2.75, 3.05) is 5.75 Å². The molecule has 5 heteroatoms. The molecule has 80 valence electrons. The third-order valence-electron chi connectivity index (χ3n) is 1.62. The zero-order valence-electron chi connectivity index (χ0n) is 7.77. The first-order chi connectivity index (χ1) is 5.81. The molecule has 0 aliphatic rings. The Kier molecular flexibility index (Phi) is 5.80. The van der Waals surface area contributed by atoms with Gasteiger partial charge in [-0.2, -0.15) is 13.2 Å². The molecule has 0 bridgehead atoms. The molecule has 0 aliphatic heterocycles. The average Bonchev–Trinajstić information content (AvgIpc) is 1.81. The van der Waals surface area contributed by atoms with Crippen LogP contribution in [0.15, 0.2) is 0 Å². The highest BCUT2D eigenvalue weighted by Gasteiger charge is 2.27. The Hall–Kier alpha value is 0.100. The Balaban J connectivity index is 3.42. The van der Waals surface area contributed by atoms with Crippen molar-refractivity contribution in [1.82, 2.24) is 0 Å². The second-order valence-corrected chi connectivity index (χ2v) is 4.43. The van der Waals surface area contributed by atoms with E-state index in [1.54, 1.807) is 6.92 Å². The van der Waals surface area contributed by atoms with Crippen LogP contribution in [0.3, 0.4) is 0 Å². The Morgan fingerprint density at radius 1 is 1.31 bits per heavy atom. The molecule has 0 aromatic carbocycles. The molecular weight excluding hydrogens is 201 g/mol. The number of thioether (sulfide) groups is 1. The van der Waals surface area contributed by atoms with Crippen LogP contribution in [0, 0.1) is 5.92 Å². The van der Waals surface area contributed by atoms with Gasteiger partial charge in [-0.25, -0.2) is 0 Å². The zero-order chi connectivity index (χ0) is 10.5. The first-order valence-electron chi connectivity index (χ1n) is 4.20. The summed E-state index contributed by atoms with van der Waals surface area (Å²) in [7, 11) is 0. The normalized spacial score (nSPS) is 17.1. The van der Waals surface area contributed by atoms with Gasteiger partial charge >= 0.3 is 5.51 Å². The number of hydrogen-bond acceptors (Lipinski definition) is 2. The number of aliphatic hydroxyl groups excluding tert-OH is 1. The fourth-order valence-corrected chi connectivity index (χ4v) is 1.83. The quantitative estimate of drug-likeness (QED) is 0.762. The van der Waals surface area contributed by atoms with Crippen molar-refractivity contribution < 1.29 is 18.3 Å². The second-order valence-electron chi connectivity index (χ2n) is 3.27. The Morgan fingerprint density at radius 3 is 2.23 bits per heavy atom. The summed E-state index contributed by atoms with van der Waals surface area (Å²) in [5, 5.41) is 8.95. The van der Waals surface area contributed by atoms with E-state index in [4.69, 9.17) is 5.11 Å². The van der Waals surface area contributed by atoms with Crippen LogP contribution in [-0.4, -0.2) is 22.5 Å². The van der Waals surface area contributed by atoms with Gasteiger partial charge in [0.2, 0.25) is 0 Å². The largest absolute Gasteiger partial charge is 0.441 e. The molecule has 0 aliphatic carbocycles. The minimum atomic E-state index is -4.12. The van der Waals surface area contributed by atoms with Crippen molar-refractivity contribution in [2.45, 2.75) is 38.3 Å². The van der Waals surface area contributed by atoms with Crippen LogP contribution < -0.4 is 0 Å². The maximum Gasteiger partial charge on any atom is 0.441 e. The monoisotopic (exact) mass is 216 g/mol. The molecule has 1 N–H and O–H groups in total. The second kappa shape index (κ2) is 5.75. The van der Waals surface area contributed by atoms with Crippen molar-refractivity contribution >= 4 is 11.8 Å². The summed E-state index contributed by atoms with van der Waals surface area (Å²) in [5.74, 6) is 0.229. The van der Waals surface area contributed by atoms with Gasteiger partial charge in [-0.1, -0.05) is 18.7 Å². The van der Waals surface area contributed by atoms with Crippen LogP contribution in [-0.2, 0) is 0 Å². The molecule has 0 fully saturated rings. The zero-order valence-corrected chi connectivity index (χ0v) is 8.58. The molecule has 0 amide bonds. The molecule has 0 rings (SSSR count). The summed E-state index contributed by atoms with van der Waals surface area (Å²) in [4.78, 5) is 0. The summed E-state index contributed by atoms with van der Waals surface area (Å²) in [5.41, 5.74) is -4.12. The van der Waals surface area contributed by atoms with Crippen LogP contribution >= 0.6 is 11.8 Å². The van der Waals surface area contributed by atoms with Crippen molar-refractivity contribution in [3.63, 3.8) is 0 Å². The summed E-state index contributed by atoms with van der Waals surface area (Å²) in [6, 6.07) is 0. The van der Waals surface area contributed by atoms with Gasteiger partial charge < -0.3 is 5.11 Å². The maximum atomic E-state index is 11.7. The fourth-order valence-electron chi connectivity index (χ4n) is 1.08. The van der Waals surface area contributed by atoms with Crippen molar-refractivity contribution in [1.29, 1.82) is 0 Å². The number of hydrogen-bond donors (Lipinski definition) is 1. The van der Waals surface area contributed by atoms with Crippen LogP contribution in [0.4, 0.5) is 13.2 Å². The van der Waals surface area contributed by atoms with Crippen LogP contribution in [0.1, 0.15) is 26.7 Å². The molecule has 0 aromatic rings. The van der Waals surface area contributed by atoms with Gasteiger partial charge in [-0.05, 0) is 25.7 Å². The van der Waals surface area contributed by atoms with Gasteiger partial charge in [-0.15, -0.1) is 0 Å². The van der Waals surface area contributed by atoms with Crippen LogP contribution in [0.2, 0.25) is 0 Å². The fraction of sp³-hybridized carbons (Fsp3) is 1.00. The predicted molar refractivity (Wildman–Crippen MR) is 48.6 cm³/mol. The molecule has 0 spiro atoms. The topological polar surface area (TPSA) is 20.2 Å². The summed E-state index contributed by atoms with van der Waals surface area (Å²) in [6.07, 6.45) is 0.638. The smallest absolute Gasteiger partial charge is 0.393 e. The lowest BCUT2D eigenvalue weighted by Crippen LogP contribution is -2.09. The Labute approximate surface area is 80.7 Å². The van der Waals surface area contributed by atoms with E-state index in [0.29, 0.717) is 12.8 Å². The molecule has 0 saturated carbocycles. The lowest BCUT2D eigenvalue weighted by atomic mass is 10.0. The van der Waals surface area contributed by atoms with E-state index in [-0.39, 0.29) is 23.4 Å². The number of rotatable bonds is 5. The molecule has 1 nitrogen and oxygen atoms in total. The highest BCUT2D eigenvalue weighted by atomic mass is 32.2. The lowest BCUT2D eigenvalue weighted by molar-refractivity contribution is -0.0328. The molecule has 0 heterocycles. The molecule has 0 aromatic heterocycles. The number of halogens is 3. The third kappa shape index (κ3) is 10.0. The highest BCUT2D eigenvalue weighted by Crippen LogP contribution is 2.31. The van der Waals surface area contributed by atoms with E-state index in [2.05, 4.69) is 0 Å². The minimum Gasteiger partial charge on any atom is -0.393 e. The van der Waals surface area contributed by atoms with E-state index >= 15 is 0 Å². The Bertz CT molecular complexity index is 136. The van der Waals surface area contributed by atoms with Crippen molar-refractivity contribution in [3.8, 4) is 0 Å². The van der Waals surface area contributed by atoms with E-state index in [1.807, 2.05) is 6.92 Å². The van der Waals surface area contributed by atoms with Gasteiger partial charge in [0.25, 0.3) is 0 Å². The number of alkyl halides is 3. The highest BCUT2D eigenvalue weighted by molar-refractivity contribution is 8.00. The summed E-state index contributed by atoms with van der Waals surface area (Å²) >= 11 is 0.00735. The summed E-state index contributed by atoms with van der Waals surface area (Å²) < 4.78 is 35.0. The standard InChI is InChI=1S/C8H15F3OS/c1-6(5-7(2)12)3-4-13-8(9,10)11/h6-7,12H,3-5H2,1-2H3. The minimum absolute atomic E-state index is 0.00735. The predicted octanol–water partition coefficient (Wildman–Crippen LogP) is 3.04. The summed E-state index contributed by atoms with van der Waals surface area (Å²) in [6.45, 7) is 3.50. The number of aliphatic hydroxyl groups is 1. The maximum absolute atomic E-state index is 11.7. The van der Waals surface area contributed by atoms with Gasteiger partial charge in [0, 0.05) is 5.75 Å². The third-order valence-corrected chi connectivity index (χ3v) is 2.39. The van der Waals surface area contributed by atoms with Crippen LogP contribution in [0.25, 0.3) is 0 Å². The van der Waals surface area contributed by atoms with E-state index in [0.717, 1.165) is 0 Å². The van der Waals surface area contributed by atoms with E-state index < -0.39 is 11.6 Å². The molecule has 2 atom stereocenters. The molecular formula is C8H15F3OS. The van der Waals surface area contributed by atoms with Crippen LogP contribution in [0.5, 0.6) is 0 Å².